The second kappa shape index (κ2) is 13.6. The Morgan fingerprint density at radius 2 is 1.77 bits per heavy atom. The summed E-state index contributed by atoms with van der Waals surface area (Å²) in [5, 5.41) is 10.1. The molecule has 3 rings (SSSR count). The van der Waals surface area contributed by atoms with Gasteiger partial charge in [0.25, 0.3) is 0 Å². The van der Waals surface area contributed by atoms with E-state index in [1.807, 2.05) is 67.6 Å². The third-order valence-corrected chi connectivity index (χ3v) is 5.99. The Morgan fingerprint density at radius 3 is 2.46 bits per heavy atom. The lowest BCUT2D eigenvalue weighted by atomic mass is 10.0. The molecule has 35 heavy (non-hydrogen) atoms. The molecule has 0 aliphatic rings. The number of benzene rings is 2. The number of rotatable bonds is 13. The molecule has 0 bridgehead atoms. The van der Waals surface area contributed by atoms with Crippen molar-refractivity contribution in [3.05, 3.63) is 94.1 Å². The van der Waals surface area contributed by atoms with Crippen LogP contribution in [0.25, 0.3) is 0 Å². The molecular formula is C27H32ClN5O2. The first-order valence-corrected chi connectivity index (χ1v) is 12.0. The van der Waals surface area contributed by atoms with Crippen LogP contribution in [0.15, 0.2) is 66.7 Å². The molecule has 0 saturated carbocycles. The van der Waals surface area contributed by atoms with Gasteiger partial charge in [-0.05, 0) is 54.7 Å². The van der Waals surface area contributed by atoms with Gasteiger partial charge in [-0.15, -0.1) is 0 Å². The molecule has 2 atom stereocenters. The van der Waals surface area contributed by atoms with Gasteiger partial charge in [0.1, 0.15) is 12.1 Å². The van der Waals surface area contributed by atoms with Crippen molar-refractivity contribution in [1.82, 2.24) is 20.9 Å². The topological polar surface area (TPSA) is 109 Å². The minimum Gasteiger partial charge on any atom is -0.384 e. The minimum atomic E-state index is -0.652. The van der Waals surface area contributed by atoms with Crippen LogP contribution in [0.1, 0.15) is 28.8 Å². The van der Waals surface area contributed by atoms with E-state index in [1.165, 1.54) is 0 Å². The van der Waals surface area contributed by atoms with Gasteiger partial charge >= 0.3 is 0 Å². The van der Waals surface area contributed by atoms with Crippen LogP contribution in [-0.4, -0.2) is 35.8 Å². The van der Waals surface area contributed by atoms with Gasteiger partial charge in [0, 0.05) is 30.4 Å². The molecule has 8 heteroatoms. The molecule has 5 N–H and O–H groups in total. The number of pyridine rings is 1. The Labute approximate surface area is 211 Å². The highest BCUT2D eigenvalue weighted by atomic mass is 35.5. The first-order chi connectivity index (χ1) is 16.9. The van der Waals surface area contributed by atoms with Crippen LogP contribution in [0, 0.1) is 6.92 Å². The van der Waals surface area contributed by atoms with E-state index in [4.69, 9.17) is 17.3 Å². The highest BCUT2D eigenvalue weighted by Crippen LogP contribution is 2.11. The maximum Gasteiger partial charge on any atom is 0.237 e. The van der Waals surface area contributed by atoms with E-state index < -0.39 is 12.1 Å². The SMILES string of the molecule is Cc1nc(N)ccc1CNC[C@@H](C=O)NC(=O)[C@@H](CCc1ccccc1)NCc1ccc(Cl)cc1. The Hall–Kier alpha value is -3.26. The Balaban J connectivity index is 1.57. The molecule has 184 valence electrons. The fraction of sp³-hybridized carbons (Fsp3) is 0.296. The van der Waals surface area contributed by atoms with E-state index in [9.17, 15) is 9.59 Å². The van der Waals surface area contributed by atoms with Gasteiger partial charge in [0.2, 0.25) is 5.91 Å². The smallest absolute Gasteiger partial charge is 0.237 e. The van der Waals surface area contributed by atoms with Crippen LogP contribution in [-0.2, 0) is 29.1 Å². The number of aryl methyl sites for hydroxylation is 2. The third kappa shape index (κ3) is 8.79. The molecule has 1 heterocycles. The Kier molecular flexibility index (Phi) is 10.2. The molecule has 3 aromatic rings. The van der Waals surface area contributed by atoms with Gasteiger partial charge in [0.15, 0.2) is 0 Å². The van der Waals surface area contributed by atoms with Crippen molar-refractivity contribution in [2.45, 2.75) is 44.9 Å². The number of halogens is 1. The lowest BCUT2D eigenvalue weighted by molar-refractivity contribution is -0.126. The quantitative estimate of drug-likeness (QED) is 0.272. The number of nitrogen functional groups attached to an aromatic ring is 1. The first-order valence-electron chi connectivity index (χ1n) is 11.6. The lowest BCUT2D eigenvalue weighted by Crippen LogP contribution is -2.51. The molecule has 0 unspecified atom stereocenters. The number of aromatic nitrogens is 1. The van der Waals surface area contributed by atoms with Gasteiger partial charge < -0.3 is 26.5 Å². The maximum atomic E-state index is 13.1. The summed E-state index contributed by atoms with van der Waals surface area (Å²) < 4.78 is 0. The summed E-state index contributed by atoms with van der Waals surface area (Å²) >= 11 is 5.98. The zero-order valence-corrected chi connectivity index (χ0v) is 20.6. The predicted molar refractivity (Wildman–Crippen MR) is 140 cm³/mol. The number of carbonyl (C=O) groups is 2. The number of hydrogen-bond donors (Lipinski definition) is 4. The zero-order chi connectivity index (χ0) is 25.0. The van der Waals surface area contributed by atoms with E-state index in [-0.39, 0.29) is 5.91 Å². The number of hydrogen-bond acceptors (Lipinski definition) is 6. The van der Waals surface area contributed by atoms with E-state index in [0.717, 1.165) is 35.1 Å². The van der Waals surface area contributed by atoms with Crippen molar-refractivity contribution in [2.75, 3.05) is 12.3 Å². The van der Waals surface area contributed by atoms with Crippen LogP contribution in [0.5, 0.6) is 0 Å². The summed E-state index contributed by atoms with van der Waals surface area (Å²) in [6.45, 7) is 3.22. The monoisotopic (exact) mass is 493 g/mol. The van der Waals surface area contributed by atoms with Crippen LogP contribution < -0.4 is 21.7 Å². The number of nitrogens with one attached hydrogen (secondary N) is 3. The summed E-state index contributed by atoms with van der Waals surface area (Å²) in [7, 11) is 0. The van der Waals surface area contributed by atoms with Crippen molar-refractivity contribution in [2.24, 2.45) is 0 Å². The second-order valence-corrected chi connectivity index (χ2v) is 8.88. The Morgan fingerprint density at radius 1 is 1.03 bits per heavy atom. The lowest BCUT2D eigenvalue weighted by Gasteiger charge is -2.21. The number of amides is 1. The molecule has 0 fully saturated rings. The molecule has 0 saturated heterocycles. The van der Waals surface area contributed by atoms with Crippen LogP contribution in [0.4, 0.5) is 5.82 Å². The first kappa shape index (κ1) is 26.3. The average molecular weight is 494 g/mol. The summed E-state index contributed by atoms with van der Waals surface area (Å²) in [4.78, 5) is 29.1. The molecule has 0 aliphatic carbocycles. The molecule has 7 nitrogen and oxygen atoms in total. The number of aldehydes is 1. The van der Waals surface area contributed by atoms with Crippen molar-refractivity contribution in [3.8, 4) is 0 Å². The number of nitrogens with two attached hydrogens (primary N) is 1. The minimum absolute atomic E-state index is 0.209. The number of anilines is 1. The highest BCUT2D eigenvalue weighted by Gasteiger charge is 2.21. The largest absolute Gasteiger partial charge is 0.384 e. The molecule has 1 aromatic heterocycles. The van der Waals surface area contributed by atoms with E-state index in [0.29, 0.717) is 36.9 Å². The van der Waals surface area contributed by atoms with Gasteiger partial charge in [0.05, 0.1) is 12.1 Å². The maximum absolute atomic E-state index is 13.1. The summed E-state index contributed by atoms with van der Waals surface area (Å²) in [5.74, 6) is 0.260. The molecule has 0 spiro atoms. The van der Waals surface area contributed by atoms with E-state index >= 15 is 0 Å². The summed E-state index contributed by atoms with van der Waals surface area (Å²) in [6.07, 6.45) is 2.09. The fourth-order valence-corrected chi connectivity index (χ4v) is 3.83. The Bertz CT molecular complexity index is 1090. The average Bonchev–Trinajstić information content (AvgIpc) is 2.86. The third-order valence-electron chi connectivity index (χ3n) is 5.74. The van der Waals surface area contributed by atoms with Gasteiger partial charge in [-0.1, -0.05) is 60.1 Å². The van der Waals surface area contributed by atoms with Gasteiger partial charge in [-0.25, -0.2) is 4.98 Å². The molecule has 1 amide bonds. The van der Waals surface area contributed by atoms with Crippen molar-refractivity contribution >= 4 is 29.6 Å². The van der Waals surface area contributed by atoms with Crippen LogP contribution in [0.3, 0.4) is 0 Å². The molecular weight excluding hydrogens is 462 g/mol. The second-order valence-electron chi connectivity index (χ2n) is 8.45. The van der Waals surface area contributed by atoms with Crippen molar-refractivity contribution in [3.63, 3.8) is 0 Å². The van der Waals surface area contributed by atoms with Crippen molar-refractivity contribution < 1.29 is 9.59 Å². The molecule has 0 aliphatic heterocycles. The molecule has 0 radical (unpaired) electrons. The highest BCUT2D eigenvalue weighted by molar-refractivity contribution is 6.30. The summed E-state index contributed by atoms with van der Waals surface area (Å²) in [5.41, 5.74) is 9.69. The number of nitrogens with zero attached hydrogens (tertiary/aromatic N) is 1. The van der Waals surface area contributed by atoms with E-state index in [2.05, 4.69) is 20.9 Å². The molecule has 2 aromatic carbocycles. The van der Waals surface area contributed by atoms with Crippen molar-refractivity contribution in [1.29, 1.82) is 0 Å². The number of carbonyl (C=O) groups excluding carboxylic acids is 2. The fourth-order valence-electron chi connectivity index (χ4n) is 3.70. The predicted octanol–water partition coefficient (Wildman–Crippen LogP) is 3.19. The standard InChI is InChI=1S/C27H32ClN5O2/c1-19-22(10-14-26(29)32-19)16-30-17-24(18-34)33-27(35)25(13-9-20-5-3-2-4-6-20)31-15-21-7-11-23(28)12-8-21/h2-8,10-12,14,18,24-25,30-31H,9,13,15-17H2,1H3,(H2,29,32)(H,33,35)/t24-,25+/m0/s1. The summed E-state index contributed by atoms with van der Waals surface area (Å²) in [6, 6.07) is 20.0. The van der Waals surface area contributed by atoms with E-state index in [1.54, 1.807) is 6.07 Å². The van der Waals surface area contributed by atoms with Gasteiger partial charge in [-0.3, -0.25) is 4.79 Å². The van der Waals surface area contributed by atoms with Gasteiger partial charge in [-0.2, -0.15) is 0 Å². The van der Waals surface area contributed by atoms with Crippen LogP contribution >= 0.6 is 11.6 Å². The van der Waals surface area contributed by atoms with Crippen LogP contribution in [0.2, 0.25) is 5.02 Å². The normalized spacial score (nSPS) is 12.6. The zero-order valence-electron chi connectivity index (χ0n) is 19.8.